The first-order valence-corrected chi connectivity index (χ1v) is 3.04. The van der Waals surface area contributed by atoms with Gasteiger partial charge >= 0.3 is 0 Å². The molecular weight excluding hydrogens is 104 g/mol. The minimum Gasteiger partial charge on any atom is -0.385 e. The van der Waals surface area contributed by atoms with Gasteiger partial charge in [0.1, 0.15) is 0 Å². The molecule has 48 valence electrons. The largest absolute Gasteiger partial charge is 0.385 e. The van der Waals surface area contributed by atoms with Crippen molar-refractivity contribution in [1.82, 2.24) is 0 Å². The topological polar surface area (TPSA) is 18.5 Å². The summed E-state index contributed by atoms with van der Waals surface area (Å²) in [5.41, 5.74) is 0. The summed E-state index contributed by atoms with van der Waals surface area (Å²) in [4.78, 5) is 0. The van der Waals surface area contributed by atoms with Gasteiger partial charge in [0.2, 0.25) is 0 Å². The fourth-order valence-corrected chi connectivity index (χ4v) is 0.761. The number of rotatable bonds is 3. The zero-order valence-electron chi connectivity index (χ0n) is 5.22. The van der Waals surface area contributed by atoms with Crippen molar-refractivity contribution in [2.75, 3.05) is 20.3 Å². The van der Waals surface area contributed by atoms with Gasteiger partial charge in [-0.2, -0.15) is 0 Å². The van der Waals surface area contributed by atoms with Crippen molar-refractivity contribution in [3.05, 3.63) is 0 Å². The van der Waals surface area contributed by atoms with Gasteiger partial charge in [0.25, 0.3) is 0 Å². The van der Waals surface area contributed by atoms with Crippen LogP contribution in [0.15, 0.2) is 0 Å². The minimum atomic E-state index is 0.509. The van der Waals surface area contributed by atoms with Crippen molar-refractivity contribution in [3.63, 3.8) is 0 Å². The average molecular weight is 116 g/mol. The third-order valence-corrected chi connectivity index (χ3v) is 1.44. The zero-order valence-corrected chi connectivity index (χ0v) is 5.22. The lowest BCUT2D eigenvalue weighted by Crippen LogP contribution is -2.27. The Balaban J connectivity index is 1.86. The third kappa shape index (κ3) is 1.46. The van der Waals surface area contributed by atoms with Crippen LogP contribution in [0.25, 0.3) is 0 Å². The van der Waals surface area contributed by atoms with Gasteiger partial charge in [-0.3, -0.25) is 0 Å². The normalized spacial score (nSPS) is 27.4. The molecule has 1 aliphatic heterocycles. The molecule has 1 fully saturated rings. The molecule has 0 aromatic carbocycles. The summed E-state index contributed by atoms with van der Waals surface area (Å²) in [7, 11) is 1.72. The highest BCUT2D eigenvalue weighted by atomic mass is 16.5. The second kappa shape index (κ2) is 3.05. The van der Waals surface area contributed by atoms with Gasteiger partial charge in [-0.25, -0.2) is 0 Å². The van der Waals surface area contributed by atoms with Crippen molar-refractivity contribution in [3.8, 4) is 0 Å². The molecule has 1 unspecified atom stereocenters. The van der Waals surface area contributed by atoms with E-state index in [2.05, 4.69) is 0 Å². The van der Waals surface area contributed by atoms with Crippen LogP contribution < -0.4 is 0 Å². The van der Waals surface area contributed by atoms with Gasteiger partial charge in [-0.15, -0.1) is 0 Å². The maximum Gasteiger partial charge on any atom is 0.0619 e. The molecule has 2 nitrogen and oxygen atoms in total. The van der Waals surface area contributed by atoms with Crippen molar-refractivity contribution in [2.45, 2.75) is 18.9 Å². The monoisotopic (exact) mass is 116 g/mol. The first-order chi connectivity index (χ1) is 3.93. The molecular formula is C6H12O2. The van der Waals surface area contributed by atoms with E-state index in [9.17, 15) is 0 Å². The van der Waals surface area contributed by atoms with Crippen LogP contribution in [-0.4, -0.2) is 26.4 Å². The molecule has 2 heteroatoms. The summed E-state index contributed by atoms with van der Waals surface area (Å²) in [6.07, 6.45) is 2.80. The first-order valence-electron chi connectivity index (χ1n) is 3.04. The third-order valence-electron chi connectivity index (χ3n) is 1.44. The molecule has 1 aliphatic rings. The van der Waals surface area contributed by atoms with Gasteiger partial charge in [-0.1, -0.05) is 0 Å². The quantitative estimate of drug-likeness (QED) is 0.543. The van der Waals surface area contributed by atoms with Gasteiger partial charge in [-0.05, 0) is 12.8 Å². The Hall–Kier alpha value is -0.0800. The van der Waals surface area contributed by atoms with Crippen LogP contribution in [0.1, 0.15) is 12.8 Å². The molecule has 1 atom stereocenters. The highest BCUT2D eigenvalue weighted by molar-refractivity contribution is 4.64. The minimum absolute atomic E-state index is 0.509. The van der Waals surface area contributed by atoms with Gasteiger partial charge in [0.15, 0.2) is 0 Å². The van der Waals surface area contributed by atoms with Crippen LogP contribution >= 0.6 is 0 Å². The maximum absolute atomic E-state index is 5.15. The van der Waals surface area contributed by atoms with E-state index in [-0.39, 0.29) is 0 Å². The van der Waals surface area contributed by atoms with Crippen LogP contribution in [0.5, 0.6) is 0 Å². The fraction of sp³-hybridized carbons (Fsp3) is 1.00. The molecule has 0 aromatic rings. The van der Waals surface area contributed by atoms with E-state index in [1.54, 1.807) is 7.11 Å². The van der Waals surface area contributed by atoms with Gasteiger partial charge < -0.3 is 9.47 Å². The van der Waals surface area contributed by atoms with Crippen LogP contribution in [0.4, 0.5) is 0 Å². The molecule has 1 rings (SSSR count). The lowest BCUT2D eigenvalue weighted by Gasteiger charge is -2.25. The van der Waals surface area contributed by atoms with Crippen LogP contribution in [-0.2, 0) is 9.47 Å². The van der Waals surface area contributed by atoms with Crippen LogP contribution in [0.3, 0.4) is 0 Å². The molecule has 0 amide bonds. The molecule has 1 heterocycles. The Kier molecular flexibility index (Phi) is 2.30. The lowest BCUT2D eigenvalue weighted by molar-refractivity contribution is -0.0636. The maximum atomic E-state index is 5.15. The Morgan fingerprint density at radius 3 is 2.88 bits per heavy atom. The summed E-state index contributed by atoms with van der Waals surface area (Å²) in [5, 5.41) is 0. The molecule has 0 radical (unpaired) electrons. The Morgan fingerprint density at radius 2 is 2.50 bits per heavy atom. The molecule has 0 bridgehead atoms. The predicted octanol–water partition coefficient (Wildman–Crippen LogP) is 0.812. The van der Waals surface area contributed by atoms with Gasteiger partial charge in [0.05, 0.1) is 6.10 Å². The molecule has 0 saturated carbocycles. The molecule has 1 saturated heterocycles. The van der Waals surface area contributed by atoms with Crippen molar-refractivity contribution >= 4 is 0 Å². The second-order valence-corrected chi connectivity index (χ2v) is 2.06. The number of ether oxygens (including phenoxy) is 2. The summed E-state index contributed by atoms with van der Waals surface area (Å²) >= 11 is 0. The van der Waals surface area contributed by atoms with Crippen LogP contribution in [0, 0.1) is 0 Å². The van der Waals surface area contributed by atoms with E-state index in [0.717, 1.165) is 19.6 Å². The Morgan fingerprint density at radius 1 is 1.75 bits per heavy atom. The van der Waals surface area contributed by atoms with Crippen LogP contribution in [0.2, 0.25) is 0 Å². The van der Waals surface area contributed by atoms with E-state index in [1.165, 1.54) is 6.42 Å². The van der Waals surface area contributed by atoms with E-state index in [0.29, 0.717) is 6.10 Å². The second-order valence-electron chi connectivity index (χ2n) is 2.06. The zero-order chi connectivity index (χ0) is 5.82. The smallest absolute Gasteiger partial charge is 0.0619 e. The Labute approximate surface area is 49.8 Å². The highest BCUT2D eigenvalue weighted by Crippen LogP contribution is 2.13. The van der Waals surface area contributed by atoms with Gasteiger partial charge in [0, 0.05) is 20.3 Å². The summed E-state index contributed by atoms with van der Waals surface area (Å²) in [5.74, 6) is 0. The number of hydrogen-bond acceptors (Lipinski definition) is 2. The molecule has 8 heavy (non-hydrogen) atoms. The lowest BCUT2D eigenvalue weighted by atomic mass is 10.1. The van der Waals surface area contributed by atoms with E-state index < -0.39 is 0 Å². The van der Waals surface area contributed by atoms with Crippen molar-refractivity contribution < 1.29 is 9.47 Å². The standard InChI is InChI=1S/C6H12O2/c1-7-4-2-6-3-5-8-6/h6H,2-5H2,1H3. The molecule has 0 aliphatic carbocycles. The molecule has 0 N–H and O–H groups in total. The number of hydrogen-bond donors (Lipinski definition) is 0. The van der Waals surface area contributed by atoms with Crippen molar-refractivity contribution in [1.29, 1.82) is 0 Å². The first kappa shape index (κ1) is 6.05. The average Bonchev–Trinajstić information content (AvgIpc) is 1.63. The van der Waals surface area contributed by atoms with Crippen molar-refractivity contribution in [2.24, 2.45) is 0 Å². The fourth-order valence-electron chi connectivity index (χ4n) is 0.761. The summed E-state index contributed by atoms with van der Waals surface area (Å²) in [6.45, 7) is 1.79. The van der Waals surface area contributed by atoms with E-state index >= 15 is 0 Å². The van der Waals surface area contributed by atoms with E-state index in [4.69, 9.17) is 9.47 Å². The molecule has 0 aromatic heterocycles. The van der Waals surface area contributed by atoms with E-state index in [1.807, 2.05) is 0 Å². The number of methoxy groups -OCH3 is 1. The highest BCUT2D eigenvalue weighted by Gasteiger charge is 2.16. The SMILES string of the molecule is COCCC1CCO1. The predicted molar refractivity (Wildman–Crippen MR) is 30.8 cm³/mol. The summed E-state index contributed by atoms with van der Waals surface area (Å²) in [6, 6.07) is 0. The molecule has 0 spiro atoms. The Bertz CT molecular complexity index is 59.5. The summed E-state index contributed by atoms with van der Waals surface area (Å²) < 4.78 is 10.0.